The van der Waals surface area contributed by atoms with Gasteiger partial charge in [0.25, 0.3) is 0 Å². The van der Waals surface area contributed by atoms with Crippen molar-refractivity contribution in [3.8, 4) is 0 Å². The van der Waals surface area contributed by atoms with Crippen molar-refractivity contribution in [2.24, 2.45) is 0 Å². The molecule has 0 aliphatic heterocycles. The number of aliphatic hydroxyl groups is 1. The van der Waals surface area contributed by atoms with E-state index in [1.54, 1.807) is 12.4 Å². The maximum Gasteiger partial charge on any atom is 0.407 e. The molecule has 0 unspecified atom stereocenters. The highest BCUT2D eigenvalue weighted by atomic mass is 16.6. The minimum atomic E-state index is -0.820. The number of ether oxygens (including phenoxy) is 2. The summed E-state index contributed by atoms with van der Waals surface area (Å²) in [5.74, 6) is 0. The summed E-state index contributed by atoms with van der Waals surface area (Å²) in [4.78, 5) is 15.8. The molecule has 1 heterocycles. The second kappa shape index (κ2) is 7.94. The largest absolute Gasteiger partial charge is 0.444 e. The summed E-state index contributed by atoms with van der Waals surface area (Å²) >= 11 is 0. The Hall–Kier alpha value is -1.66. The van der Waals surface area contributed by atoms with E-state index in [0.717, 1.165) is 5.56 Å². The minimum absolute atomic E-state index is 0.0420. The molecule has 2 N–H and O–H groups in total. The first kappa shape index (κ1) is 18.7. The van der Waals surface area contributed by atoms with Crippen LogP contribution in [0.15, 0.2) is 24.5 Å². The Bertz CT molecular complexity index is 520. The minimum Gasteiger partial charge on any atom is -0.444 e. The molecule has 134 valence electrons. The van der Waals surface area contributed by atoms with E-state index in [1.807, 2.05) is 32.9 Å². The summed E-state index contributed by atoms with van der Waals surface area (Å²) in [6, 6.07) is 3.83. The van der Waals surface area contributed by atoms with Crippen molar-refractivity contribution in [1.29, 1.82) is 0 Å². The van der Waals surface area contributed by atoms with Gasteiger partial charge in [-0.3, -0.25) is 4.98 Å². The van der Waals surface area contributed by atoms with Crippen LogP contribution in [0.3, 0.4) is 0 Å². The topological polar surface area (TPSA) is 80.7 Å². The molecule has 1 aromatic heterocycles. The number of carbonyl (C=O) groups excluding carboxylic acids is 1. The molecule has 6 heteroatoms. The first-order chi connectivity index (χ1) is 11.3. The van der Waals surface area contributed by atoms with Gasteiger partial charge in [0.1, 0.15) is 5.60 Å². The Morgan fingerprint density at radius 1 is 1.33 bits per heavy atom. The number of nitrogens with zero attached hydrogens (tertiary/aromatic N) is 1. The second-order valence-corrected chi connectivity index (χ2v) is 7.49. The molecule has 6 nitrogen and oxygen atoms in total. The molecule has 1 saturated carbocycles. The van der Waals surface area contributed by atoms with Crippen LogP contribution in [-0.4, -0.2) is 40.0 Å². The van der Waals surface area contributed by atoms with E-state index in [0.29, 0.717) is 38.9 Å². The van der Waals surface area contributed by atoms with Gasteiger partial charge in [0, 0.05) is 18.4 Å². The van der Waals surface area contributed by atoms with Gasteiger partial charge < -0.3 is 19.9 Å². The summed E-state index contributed by atoms with van der Waals surface area (Å²) in [7, 11) is 0. The van der Waals surface area contributed by atoms with Crippen molar-refractivity contribution in [1.82, 2.24) is 10.3 Å². The van der Waals surface area contributed by atoms with E-state index in [2.05, 4.69) is 10.3 Å². The number of rotatable bonds is 5. The Morgan fingerprint density at radius 2 is 1.96 bits per heavy atom. The number of alkyl carbamates (subject to hydrolysis) is 1. The lowest BCUT2D eigenvalue weighted by Crippen LogP contribution is -2.46. The summed E-state index contributed by atoms with van der Waals surface area (Å²) in [5, 5.41) is 13.5. The van der Waals surface area contributed by atoms with Crippen molar-refractivity contribution < 1.29 is 19.4 Å². The summed E-state index contributed by atoms with van der Waals surface area (Å²) < 4.78 is 10.9. The molecule has 1 aromatic rings. The van der Waals surface area contributed by atoms with Gasteiger partial charge in [0.15, 0.2) is 0 Å². The molecule has 0 bridgehead atoms. The van der Waals surface area contributed by atoms with Crippen LogP contribution >= 0.6 is 0 Å². The highest BCUT2D eigenvalue weighted by molar-refractivity contribution is 5.68. The molecule has 0 aromatic carbocycles. The highest BCUT2D eigenvalue weighted by Crippen LogP contribution is 2.29. The van der Waals surface area contributed by atoms with E-state index >= 15 is 0 Å². The third-order valence-corrected chi connectivity index (χ3v) is 4.03. The maximum absolute atomic E-state index is 11.8. The zero-order valence-corrected chi connectivity index (χ0v) is 14.7. The summed E-state index contributed by atoms with van der Waals surface area (Å²) in [6.07, 6.45) is 5.69. The standard InChI is InChI=1S/C18H28N2O4/c1-17(2,3)24-16(21)20-15-4-8-18(22,9-5-15)13-23-12-14-6-10-19-11-7-14/h6-7,10-11,15,22H,4-5,8-9,12-13H2,1-3H3,(H,20,21). The fourth-order valence-electron chi connectivity index (χ4n) is 2.76. The molecule has 0 atom stereocenters. The van der Waals surface area contributed by atoms with Crippen LogP contribution in [0.1, 0.15) is 52.0 Å². The Morgan fingerprint density at radius 3 is 2.54 bits per heavy atom. The molecule has 2 rings (SSSR count). The van der Waals surface area contributed by atoms with E-state index in [9.17, 15) is 9.90 Å². The first-order valence-electron chi connectivity index (χ1n) is 8.44. The third kappa shape index (κ3) is 6.45. The summed E-state index contributed by atoms with van der Waals surface area (Å²) in [5.41, 5.74) is -0.284. The van der Waals surface area contributed by atoms with Crippen molar-refractivity contribution in [3.63, 3.8) is 0 Å². The molecule has 0 radical (unpaired) electrons. The van der Waals surface area contributed by atoms with Crippen LogP contribution < -0.4 is 5.32 Å². The van der Waals surface area contributed by atoms with Gasteiger partial charge >= 0.3 is 6.09 Å². The molecule has 1 aliphatic carbocycles. The van der Waals surface area contributed by atoms with Gasteiger partial charge in [-0.05, 0) is 64.2 Å². The van der Waals surface area contributed by atoms with Crippen LogP contribution in [0.2, 0.25) is 0 Å². The van der Waals surface area contributed by atoms with Crippen molar-refractivity contribution in [2.75, 3.05) is 6.61 Å². The Labute approximate surface area is 143 Å². The van der Waals surface area contributed by atoms with Gasteiger partial charge in [-0.15, -0.1) is 0 Å². The van der Waals surface area contributed by atoms with Crippen LogP contribution in [0.4, 0.5) is 4.79 Å². The maximum atomic E-state index is 11.8. The normalized spacial score (nSPS) is 24.4. The van der Waals surface area contributed by atoms with Crippen LogP contribution in [0, 0.1) is 0 Å². The lowest BCUT2D eigenvalue weighted by molar-refractivity contribution is -0.0769. The van der Waals surface area contributed by atoms with Gasteiger partial charge in [-0.25, -0.2) is 4.79 Å². The SMILES string of the molecule is CC(C)(C)OC(=O)NC1CCC(O)(COCc2ccncc2)CC1. The summed E-state index contributed by atoms with van der Waals surface area (Å²) in [6.45, 7) is 6.28. The number of carbonyl (C=O) groups is 1. The van der Waals surface area contributed by atoms with Crippen molar-refractivity contribution in [3.05, 3.63) is 30.1 Å². The number of hydrogen-bond acceptors (Lipinski definition) is 5. The fraction of sp³-hybridized carbons (Fsp3) is 0.667. The van der Waals surface area contributed by atoms with E-state index in [4.69, 9.17) is 9.47 Å². The molecular weight excluding hydrogens is 308 g/mol. The number of nitrogens with one attached hydrogen (secondary N) is 1. The van der Waals surface area contributed by atoms with Gasteiger partial charge in [0.05, 0.1) is 18.8 Å². The van der Waals surface area contributed by atoms with Crippen molar-refractivity contribution in [2.45, 2.75) is 70.3 Å². The van der Waals surface area contributed by atoms with Gasteiger partial charge in [-0.2, -0.15) is 0 Å². The second-order valence-electron chi connectivity index (χ2n) is 7.49. The highest BCUT2D eigenvalue weighted by Gasteiger charge is 2.34. The van der Waals surface area contributed by atoms with E-state index in [1.165, 1.54) is 0 Å². The van der Waals surface area contributed by atoms with Crippen molar-refractivity contribution >= 4 is 6.09 Å². The Balaban J connectivity index is 1.70. The lowest BCUT2D eigenvalue weighted by Gasteiger charge is -2.36. The molecule has 0 spiro atoms. The fourth-order valence-corrected chi connectivity index (χ4v) is 2.76. The molecule has 1 amide bonds. The van der Waals surface area contributed by atoms with Crippen LogP contribution in [0.25, 0.3) is 0 Å². The zero-order chi connectivity index (χ0) is 17.6. The van der Waals surface area contributed by atoms with Gasteiger partial charge in [0.2, 0.25) is 0 Å². The van der Waals surface area contributed by atoms with E-state index < -0.39 is 17.3 Å². The predicted octanol–water partition coefficient (Wildman–Crippen LogP) is 2.80. The monoisotopic (exact) mass is 336 g/mol. The average Bonchev–Trinajstić information content (AvgIpc) is 2.49. The quantitative estimate of drug-likeness (QED) is 0.864. The number of hydrogen-bond donors (Lipinski definition) is 2. The molecule has 24 heavy (non-hydrogen) atoms. The lowest BCUT2D eigenvalue weighted by atomic mass is 9.83. The first-order valence-corrected chi connectivity index (χ1v) is 8.44. The van der Waals surface area contributed by atoms with Crippen LogP contribution in [0.5, 0.6) is 0 Å². The zero-order valence-electron chi connectivity index (χ0n) is 14.7. The molecular formula is C18H28N2O4. The van der Waals surface area contributed by atoms with Gasteiger partial charge in [-0.1, -0.05) is 0 Å². The average molecular weight is 336 g/mol. The molecule has 0 saturated heterocycles. The Kier molecular flexibility index (Phi) is 6.18. The number of pyridine rings is 1. The number of aromatic nitrogens is 1. The smallest absolute Gasteiger partial charge is 0.407 e. The third-order valence-electron chi connectivity index (χ3n) is 4.03. The molecule has 1 aliphatic rings. The van der Waals surface area contributed by atoms with E-state index in [-0.39, 0.29) is 6.04 Å². The molecule has 1 fully saturated rings. The van der Waals surface area contributed by atoms with Crippen LogP contribution in [-0.2, 0) is 16.1 Å². The predicted molar refractivity (Wildman–Crippen MR) is 90.5 cm³/mol. The number of amides is 1.